The van der Waals surface area contributed by atoms with E-state index in [0.717, 1.165) is 5.56 Å². The number of ether oxygens (including phenoxy) is 1. The van der Waals surface area contributed by atoms with Crippen molar-refractivity contribution in [3.63, 3.8) is 0 Å². The molecule has 0 aliphatic carbocycles. The third-order valence-corrected chi connectivity index (χ3v) is 3.14. The van der Waals surface area contributed by atoms with Crippen molar-refractivity contribution in [3.8, 4) is 0 Å². The first-order valence-corrected chi connectivity index (χ1v) is 6.45. The fourth-order valence-electron chi connectivity index (χ4n) is 2.18. The lowest BCUT2D eigenvalue weighted by Gasteiger charge is -2.19. The van der Waals surface area contributed by atoms with Crippen LogP contribution in [0.15, 0.2) is 30.3 Å². The molecule has 1 aliphatic rings. The zero-order chi connectivity index (χ0) is 13.7. The third kappa shape index (κ3) is 3.32. The Hall–Kier alpha value is -1.88. The maximum atomic E-state index is 12.0. The van der Waals surface area contributed by atoms with Gasteiger partial charge in [-0.1, -0.05) is 30.3 Å². The summed E-state index contributed by atoms with van der Waals surface area (Å²) < 4.78 is 4.99. The van der Waals surface area contributed by atoms with Crippen LogP contribution in [-0.4, -0.2) is 36.1 Å². The monoisotopic (exact) mass is 262 g/mol. The fraction of sp³-hybridized carbons (Fsp3) is 0.429. The van der Waals surface area contributed by atoms with E-state index in [4.69, 9.17) is 10.5 Å². The maximum absolute atomic E-state index is 12.0. The first-order chi connectivity index (χ1) is 9.22. The van der Waals surface area contributed by atoms with Crippen LogP contribution in [0, 0.1) is 0 Å². The zero-order valence-electron chi connectivity index (χ0n) is 10.7. The van der Waals surface area contributed by atoms with Gasteiger partial charge in [-0.05, 0) is 24.9 Å². The topological polar surface area (TPSA) is 72.6 Å². The molecular formula is C14H18N2O3. The van der Waals surface area contributed by atoms with Gasteiger partial charge in [0.15, 0.2) is 0 Å². The van der Waals surface area contributed by atoms with Crippen LogP contribution in [0.1, 0.15) is 18.4 Å². The van der Waals surface area contributed by atoms with Gasteiger partial charge in [-0.15, -0.1) is 0 Å². The molecule has 0 bridgehead atoms. The van der Waals surface area contributed by atoms with Gasteiger partial charge in [0.25, 0.3) is 0 Å². The maximum Gasteiger partial charge on any atom is 0.416 e. The van der Waals surface area contributed by atoms with E-state index in [9.17, 15) is 9.59 Å². The Morgan fingerprint density at radius 1 is 1.37 bits per heavy atom. The lowest BCUT2D eigenvalue weighted by molar-refractivity contribution is -0.129. The van der Waals surface area contributed by atoms with Crippen LogP contribution in [0.25, 0.3) is 0 Å². The number of amides is 2. The van der Waals surface area contributed by atoms with Crippen molar-refractivity contribution in [2.24, 2.45) is 5.73 Å². The molecule has 2 amide bonds. The summed E-state index contributed by atoms with van der Waals surface area (Å²) >= 11 is 0. The molecule has 5 heteroatoms. The summed E-state index contributed by atoms with van der Waals surface area (Å²) in [5, 5.41) is 0. The first kappa shape index (κ1) is 13.5. The normalized spacial score (nSPS) is 18.5. The predicted molar refractivity (Wildman–Crippen MR) is 70.4 cm³/mol. The fourth-order valence-corrected chi connectivity index (χ4v) is 2.18. The molecule has 2 N–H and O–H groups in total. The number of carbonyl (C=O) groups is 2. The second-order valence-electron chi connectivity index (χ2n) is 4.58. The van der Waals surface area contributed by atoms with Crippen LogP contribution in [0.4, 0.5) is 4.79 Å². The lowest BCUT2D eigenvalue weighted by Crippen LogP contribution is -2.40. The van der Waals surface area contributed by atoms with Crippen molar-refractivity contribution >= 4 is 12.0 Å². The Morgan fingerprint density at radius 2 is 2.11 bits per heavy atom. The number of hydrogen-bond donors (Lipinski definition) is 1. The Labute approximate surface area is 112 Å². The standard InChI is InChI=1S/C14H18N2O3/c15-8-4-7-13(17)16-12(10-19-14(16)18)9-11-5-2-1-3-6-11/h1-3,5-6,12H,4,7-10,15H2. The molecule has 2 rings (SSSR count). The molecule has 102 valence electrons. The molecule has 1 unspecified atom stereocenters. The minimum atomic E-state index is -0.539. The molecule has 0 radical (unpaired) electrons. The average molecular weight is 262 g/mol. The van der Waals surface area contributed by atoms with Gasteiger partial charge in [0, 0.05) is 6.42 Å². The number of rotatable bonds is 5. The van der Waals surface area contributed by atoms with Gasteiger partial charge in [-0.3, -0.25) is 4.79 Å². The van der Waals surface area contributed by atoms with Gasteiger partial charge in [-0.25, -0.2) is 9.69 Å². The van der Waals surface area contributed by atoms with Crippen molar-refractivity contribution in [3.05, 3.63) is 35.9 Å². The number of nitrogens with two attached hydrogens (primary N) is 1. The molecule has 5 nitrogen and oxygen atoms in total. The van der Waals surface area contributed by atoms with E-state index >= 15 is 0 Å². The number of benzene rings is 1. The molecule has 1 aliphatic heterocycles. The van der Waals surface area contributed by atoms with E-state index in [1.54, 1.807) is 0 Å². The number of nitrogens with zero attached hydrogens (tertiary/aromatic N) is 1. The highest BCUT2D eigenvalue weighted by Crippen LogP contribution is 2.18. The smallest absolute Gasteiger partial charge is 0.416 e. The summed E-state index contributed by atoms with van der Waals surface area (Å²) in [4.78, 5) is 24.9. The van der Waals surface area contributed by atoms with Crippen LogP contribution >= 0.6 is 0 Å². The van der Waals surface area contributed by atoms with E-state index in [-0.39, 0.29) is 25.0 Å². The van der Waals surface area contributed by atoms with Crippen LogP contribution in [-0.2, 0) is 16.0 Å². The first-order valence-electron chi connectivity index (χ1n) is 6.45. The summed E-state index contributed by atoms with van der Waals surface area (Å²) in [6.07, 6.45) is 0.960. The molecule has 1 fully saturated rings. The molecule has 0 spiro atoms. The second kappa shape index (κ2) is 6.33. The van der Waals surface area contributed by atoms with Gasteiger partial charge in [0.1, 0.15) is 6.61 Å². The summed E-state index contributed by atoms with van der Waals surface area (Å²) in [6, 6.07) is 9.56. The van der Waals surface area contributed by atoms with Crippen LogP contribution in [0.3, 0.4) is 0 Å². The molecule has 0 aromatic heterocycles. The predicted octanol–water partition coefficient (Wildman–Crippen LogP) is 1.32. The number of cyclic esters (lactones) is 1. The Kier molecular flexibility index (Phi) is 4.52. The molecule has 0 saturated carbocycles. The Balaban J connectivity index is 2.03. The highest BCUT2D eigenvalue weighted by atomic mass is 16.6. The van der Waals surface area contributed by atoms with Gasteiger partial charge in [-0.2, -0.15) is 0 Å². The second-order valence-corrected chi connectivity index (χ2v) is 4.58. The summed E-state index contributed by atoms with van der Waals surface area (Å²) in [7, 11) is 0. The molecule has 1 aromatic carbocycles. The summed E-state index contributed by atoms with van der Waals surface area (Å²) in [6.45, 7) is 0.708. The van der Waals surface area contributed by atoms with E-state index in [2.05, 4.69) is 0 Å². The van der Waals surface area contributed by atoms with E-state index < -0.39 is 6.09 Å². The van der Waals surface area contributed by atoms with E-state index in [0.29, 0.717) is 19.4 Å². The highest BCUT2D eigenvalue weighted by molar-refractivity contribution is 5.93. The van der Waals surface area contributed by atoms with E-state index in [1.165, 1.54) is 4.90 Å². The van der Waals surface area contributed by atoms with Gasteiger partial charge >= 0.3 is 6.09 Å². The molecular weight excluding hydrogens is 244 g/mol. The van der Waals surface area contributed by atoms with Crippen molar-refractivity contribution < 1.29 is 14.3 Å². The molecule has 19 heavy (non-hydrogen) atoms. The van der Waals surface area contributed by atoms with Crippen molar-refractivity contribution in [2.75, 3.05) is 13.2 Å². The minimum Gasteiger partial charge on any atom is -0.447 e. The largest absolute Gasteiger partial charge is 0.447 e. The van der Waals surface area contributed by atoms with Crippen molar-refractivity contribution in [1.82, 2.24) is 4.90 Å². The van der Waals surface area contributed by atoms with Gasteiger partial charge in [0.2, 0.25) is 5.91 Å². The Bertz CT molecular complexity index is 447. The van der Waals surface area contributed by atoms with Gasteiger partial charge in [0.05, 0.1) is 6.04 Å². The average Bonchev–Trinajstić information content (AvgIpc) is 2.78. The molecule has 1 heterocycles. The van der Waals surface area contributed by atoms with E-state index in [1.807, 2.05) is 30.3 Å². The van der Waals surface area contributed by atoms with Crippen LogP contribution < -0.4 is 5.73 Å². The zero-order valence-corrected chi connectivity index (χ0v) is 10.7. The van der Waals surface area contributed by atoms with Crippen molar-refractivity contribution in [2.45, 2.75) is 25.3 Å². The minimum absolute atomic E-state index is 0.200. The molecule has 1 atom stereocenters. The quantitative estimate of drug-likeness (QED) is 0.868. The van der Waals surface area contributed by atoms with Crippen LogP contribution in [0.5, 0.6) is 0 Å². The highest BCUT2D eigenvalue weighted by Gasteiger charge is 2.37. The lowest BCUT2D eigenvalue weighted by atomic mass is 10.1. The number of imide groups is 1. The van der Waals surface area contributed by atoms with Crippen molar-refractivity contribution in [1.29, 1.82) is 0 Å². The summed E-state index contributed by atoms with van der Waals surface area (Å²) in [5.74, 6) is -0.200. The molecule has 1 saturated heterocycles. The van der Waals surface area contributed by atoms with Gasteiger partial charge < -0.3 is 10.5 Å². The van der Waals surface area contributed by atoms with Crippen LogP contribution in [0.2, 0.25) is 0 Å². The third-order valence-electron chi connectivity index (χ3n) is 3.14. The SMILES string of the molecule is NCCCC(=O)N1C(=O)OCC1Cc1ccccc1. The number of hydrogen-bond acceptors (Lipinski definition) is 4. The Morgan fingerprint density at radius 3 is 2.79 bits per heavy atom. The molecule has 1 aromatic rings. The summed E-state index contributed by atoms with van der Waals surface area (Å²) in [5.41, 5.74) is 6.47. The number of carbonyl (C=O) groups excluding carboxylic acids is 2.